The molecule has 0 saturated heterocycles. The van der Waals surface area contributed by atoms with Crippen LogP contribution < -0.4 is 5.63 Å². The number of benzene rings is 1. The Morgan fingerprint density at radius 1 is 1.33 bits per heavy atom. The number of hydrogen-bond acceptors (Lipinski definition) is 5. The molecule has 1 heterocycles. The molecule has 0 radical (unpaired) electrons. The molecule has 0 fully saturated rings. The number of aliphatic carboxylic acids is 1. The fourth-order valence-electron chi connectivity index (χ4n) is 2.31. The molecule has 1 aromatic heterocycles. The Labute approximate surface area is 121 Å². The van der Waals surface area contributed by atoms with Crippen LogP contribution in [-0.4, -0.2) is 34.2 Å². The van der Waals surface area contributed by atoms with Crippen LogP contribution in [0.4, 0.5) is 0 Å². The van der Waals surface area contributed by atoms with E-state index in [1.807, 2.05) is 6.92 Å². The molecule has 2 aromatic rings. The Balaban J connectivity index is 2.40. The van der Waals surface area contributed by atoms with E-state index < -0.39 is 11.6 Å². The molecule has 0 amide bonds. The molecule has 0 aliphatic carbocycles. The van der Waals surface area contributed by atoms with E-state index in [0.29, 0.717) is 29.6 Å². The average Bonchev–Trinajstić information content (AvgIpc) is 2.37. The molecular weight excluding hydrogens is 274 g/mol. The van der Waals surface area contributed by atoms with Gasteiger partial charge in [-0.1, -0.05) is 6.92 Å². The lowest BCUT2D eigenvalue weighted by atomic mass is 10.1. The van der Waals surface area contributed by atoms with Crippen LogP contribution in [0.15, 0.2) is 33.5 Å². The Morgan fingerprint density at radius 2 is 2.10 bits per heavy atom. The van der Waals surface area contributed by atoms with E-state index in [1.54, 1.807) is 11.0 Å². The van der Waals surface area contributed by atoms with Gasteiger partial charge in [-0.15, -0.1) is 0 Å². The van der Waals surface area contributed by atoms with Gasteiger partial charge in [-0.2, -0.15) is 0 Å². The van der Waals surface area contributed by atoms with Gasteiger partial charge in [0, 0.05) is 24.1 Å². The highest BCUT2D eigenvalue weighted by Crippen LogP contribution is 2.22. The SMILES string of the molecule is CCCN(CC(=O)O)Cc1cc(=O)oc2cc(O)ccc12. The maximum absolute atomic E-state index is 11.6. The van der Waals surface area contributed by atoms with Gasteiger partial charge in [0.1, 0.15) is 11.3 Å². The molecule has 0 unspecified atom stereocenters. The minimum Gasteiger partial charge on any atom is -0.508 e. The summed E-state index contributed by atoms with van der Waals surface area (Å²) in [4.78, 5) is 24.2. The predicted molar refractivity (Wildman–Crippen MR) is 77.4 cm³/mol. The second-order valence-corrected chi connectivity index (χ2v) is 4.88. The van der Waals surface area contributed by atoms with Crippen molar-refractivity contribution in [3.63, 3.8) is 0 Å². The second kappa shape index (κ2) is 6.41. The summed E-state index contributed by atoms with van der Waals surface area (Å²) in [5, 5.41) is 19.1. The summed E-state index contributed by atoms with van der Waals surface area (Å²) in [7, 11) is 0. The number of hydrogen-bond donors (Lipinski definition) is 2. The molecule has 0 saturated carbocycles. The second-order valence-electron chi connectivity index (χ2n) is 4.88. The number of rotatable bonds is 6. The van der Waals surface area contributed by atoms with Crippen LogP contribution in [0.25, 0.3) is 11.0 Å². The summed E-state index contributed by atoms with van der Waals surface area (Å²) in [6.07, 6.45) is 0.813. The van der Waals surface area contributed by atoms with Crippen LogP contribution in [-0.2, 0) is 11.3 Å². The monoisotopic (exact) mass is 291 g/mol. The molecule has 21 heavy (non-hydrogen) atoms. The number of phenols is 1. The molecule has 0 bridgehead atoms. The molecular formula is C15H17NO5. The summed E-state index contributed by atoms with van der Waals surface area (Å²) in [5.41, 5.74) is 0.468. The Morgan fingerprint density at radius 3 is 2.76 bits per heavy atom. The quantitative estimate of drug-likeness (QED) is 0.789. The number of nitrogens with zero attached hydrogens (tertiary/aromatic N) is 1. The van der Waals surface area contributed by atoms with Crippen molar-refractivity contribution in [3.05, 3.63) is 40.2 Å². The smallest absolute Gasteiger partial charge is 0.336 e. The van der Waals surface area contributed by atoms with E-state index in [9.17, 15) is 14.7 Å². The van der Waals surface area contributed by atoms with Crippen molar-refractivity contribution < 1.29 is 19.4 Å². The Bertz CT molecular complexity index is 707. The van der Waals surface area contributed by atoms with E-state index in [-0.39, 0.29) is 12.3 Å². The Hall–Kier alpha value is -2.34. The average molecular weight is 291 g/mol. The van der Waals surface area contributed by atoms with Crippen LogP contribution in [0, 0.1) is 0 Å². The molecule has 2 N–H and O–H groups in total. The summed E-state index contributed by atoms with van der Waals surface area (Å²) in [6.45, 7) is 2.83. The Kier molecular flexibility index (Phi) is 4.59. The van der Waals surface area contributed by atoms with Gasteiger partial charge in [0.05, 0.1) is 6.54 Å². The van der Waals surface area contributed by atoms with Gasteiger partial charge in [-0.25, -0.2) is 4.79 Å². The highest BCUT2D eigenvalue weighted by atomic mass is 16.4. The summed E-state index contributed by atoms with van der Waals surface area (Å²) in [5.74, 6) is -0.896. The molecule has 0 atom stereocenters. The highest BCUT2D eigenvalue weighted by Gasteiger charge is 2.13. The van der Waals surface area contributed by atoms with Crippen LogP contribution in [0.3, 0.4) is 0 Å². The number of aromatic hydroxyl groups is 1. The first-order valence-corrected chi connectivity index (χ1v) is 6.69. The largest absolute Gasteiger partial charge is 0.508 e. The zero-order valence-corrected chi connectivity index (χ0v) is 11.7. The lowest BCUT2D eigenvalue weighted by Crippen LogP contribution is -2.30. The first-order chi connectivity index (χ1) is 9.99. The van der Waals surface area contributed by atoms with Crippen molar-refractivity contribution in [1.82, 2.24) is 4.90 Å². The van der Waals surface area contributed by atoms with Crippen molar-refractivity contribution in [3.8, 4) is 5.75 Å². The normalized spacial score (nSPS) is 11.1. The van der Waals surface area contributed by atoms with Crippen molar-refractivity contribution >= 4 is 16.9 Å². The van der Waals surface area contributed by atoms with Gasteiger partial charge in [0.2, 0.25) is 0 Å². The molecule has 0 spiro atoms. The van der Waals surface area contributed by atoms with E-state index in [4.69, 9.17) is 9.52 Å². The lowest BCUT2D eigenvalue weighted by Gasteiger charge is -2.20. The number of carbonyl (C=O) groups is 1. The van der Waals surface area contributed by atoms with Gasteiger partial charge < -0.3 is 14.6 Å². The fourth-order valence-corrected chi connectivity index (χ4v) is 2.31. The predicted octanol–water partition coefficient (Wildman–Crippen LogP) is 1.80. The maximum atomic E-state index is 11.6. The summed E-state index contributed by atoms with van der Waals surface area (Å²) < 4.78 is 5.06. The van der Waals surface area contributed by atoms with Crippen molar-refractivity contribution in [1.29, 1.82) is 0 Å². The molecule has 6 heteroatoms. The van der Waals surface area contributed by atoms with E-state index in [1.165, 1.54) is 18.2 Å². The molecule has 6 nitrogen and oxygen atoms in total. The molecule has 2 rings (SSSR count). The van der Waals surface area contributed by atoms with Crippen molar-refractivity contribution in [2.24, 2.45) is 0 Å². The van der Waals surface area contributed by atoms with Crippen LogP contribution in [0.1, 0.15) is 18.9 Å². The summed E-state index contributed by atoms with van der Waals surface area (Å²) in [6, 6.07) is 5.91. The maximum Gasteiger partial charge on any atom is 0.336 e. The third kappa shape index (κ3) is 3.82. The minimum absolute atomic E-state index is 0.0127. The van der Waals surface area contributed by atoms with Crippen molar-refractivity contribution in [2.75, 3.05) is 13.1 Å². The van der Waals surface area contributed by atoms with E-state index in [2.05, 4.69) is 0 Å². The van der Waals surface area contributed by atoms with Gasteiger partial charge in [-0.05, 0) is 30.7 Å². The number of carboxylic acid groups (broad SMARTS) is 1. The lowest BCUT2D eigenvalue weighted by molar-refractivity contribution is -0.138. The van der Waals surface area contributed by atoms with Gasteiger partial charge >= 0.3 is 11.6 Å². The molecule has 112 valence electrons. The van der Waals surface area contributed by atoms with Gasteiger partial charge in [0.25, 0.3) is 0 Å². The van der Waals surface area contributed by atoms with E-state index in [0.717, 1.165) is 6.42 Å². The fraction of sp³-hybridized carbons (Fsp3) is 0.333. The topological polar surface area (TPSA) is 91.0 Å². The number of carboxylic acids is 1. The molecule has 0 aliphatic heterocycles. The standard InChI is InChI=1S/C15H17NO5/c1-2-5-16(9-14(18)19)8-10-6-15(20)21-13-7-11(17)3-4-12(10)13/h3-4,6-7,17H,2,5,8-9H2,1H3,(H,18,19). The third-order valence-electron chi connectivity index (χ3n) is 3.11. The van der Waals surface area contributed by atoms with Crippen LogP contribution in [0.2, 0.25) is 0 Å². The summed E-state index contributed by atoms with van der Waals surface area (Å²) >= 11 is 0. The van der Waals surface area contributed by atoms with Crippen molar-refractivity contribution in [2.45, 2.75) is 19.9 Å². The third-order valence-corrected chi connectivity index (χ3v) is 3.11. The number of phenolic OH excluding ortho intramolecular Hbond substituents is 1. The van der Waals surface area contributed by atoms with Gasteiger partial charge in [-0.3, -0.25) is 9.69 Å². The van der Waals surface area contributed by atoms with Crippen LogP contribution in [0.5, 0.6) is 5.75 Å². The number of fused-ring (bicyclic) bond motifs is 1. The zero-order valence-electron chi connectivity index (χ0n) is 11.7. The van der Waals surface area contributed by atoms with E-state index >= 15 is 0 Å². The minimum atomic E-state index is -0.909. The first-order valence-electron chi connectivity index (χ1n) is 6.69. The molecule has 1 aromatic carbocycles. The highest BCUT2D eigenvalue weighted by molar-refractivity contribution is 5.81. The van der Waals surface area contributed by atoms with Crippen LogP contribution >= 0.6 is 0 Å². The van der Waals surface area contributed by atoms with Gasteiger partial charge in [0.15, 0.2) is 0 Å². The zero-order chi connectivity index (χ0) is 15.4. The first kappa shape index (κ1) is 15.1. The molecule has 0 aliphatic rings.